The maximum Gasteiger partial charge on any atom is 0.490 e. The zero-order valence-electron chi connectivity index (χ0n) is 26.2. The Morgan fingerprint density at radius 1 is 1.00 bits per heavy atom. The number of carbonyl (C=O) groups is 3. The second-order valence-electron chi connectivity index (χ2n) is 11.5. The van der Waals surface area contributed by atoms with Crippen LogP contribution >= 0.6 is 23.2 Å². The number of halogens is 6. The molecule has 50 heavy (non-hydrogen) atoms. The normalized spacial score (nSPS) is 17.5. The Morgan fingerprint density at radius 3 is 2.28 bits per heavy atom. The lowest BCUT2D eigenvalue weighted by atomic mass is 9.97. The molecule has 2 saturated heterocycles. The molecule has 3 aliphatic rings. The van der Waals surface area contributed by atoms with Crippen molar-refractivity contribution in [3.05, 3.63) is 75.0 Å². The number of nitrogens with zero attached hydrogens (tertiary/aromatic N) is 2. The second kappa shape index (κ2) is 15.7. The number of hydrogen-bond donors (Lipinski definition) is 3. The molecule has 3 aromatic carbocycles. The number of fused-ring (bicyclic) bond motifs is 1. The van der Waals surface area contributed by atoms with E-state index in [1.54, 1.807) is 36.4 Å². The van der Waals surface area contributed by atoms with Gasteiger partial charge in [-0.15, -0.1) is 0 Å². The molecule has 17 heteroatoms. The molecule has 0 aromatic heterocycles. The number of hydrogen-bond acceptors (Lipinski definition) is 8. The molecular formula is C33H31Cl2F4N3O8. The van der Waals surface area contributed by atoms with Crippen LogP contribution in [0, 0.1) is 5.82 Å². The lowest BCUT2D eigenvalue weighted by Crippen LogP contribution is -2.38. The lowest BCUT2D eigenvalue weighted by molar-refractivity contribution is -0.192. The Balaban J connectivity index is 0.000000630. The number of benzene rings is 3. The standard InChI is InChI=1S/C31H30Cl2FN3O6.C2HF3O2/c32-24-11-20(43-19-4-2-6-35-15-19)12-25(33)28(24)30(38)37-16-18-3-1-5-21(29(18)42-17-37)22-14-27(36-7-9-41-10-8-36)23(31(39)40)13-26(22)34;3-2(4,5)1(6)7/h1,3,5,11-14,19,35H,2,4,6-10,15-17H2,(H,39,40);(H,6,7)/t19-;/m1./s1. The number of para-hydroxylation sites is 1. The summed E-state index contributed by atoms with van der Waals surface area (Å²) in [5.41, 5.74) is 1.76. The van der Waals surface area contributed by atoms with Gasteiger partial charge in [0.05, 0.1) is 46.6 Å². The molecular weight excluding hydrogens is 713 g/mol. The number of alkyl halides is 3. The summed E-state index contributed by atoms with van der Waals surface area (Å²) in [6.07, 6.45) is -3.16. The fourth-order valence-electron chi connectivity index (χ4n) is 5.71. The smallest absolute Gasteiger partial charge is 0.489 e. The predicted octanol–water partition coefficient (Wildman–Crippen LogP) is 6.09. The number of carboxylic acid groups (broad SMARTS) is 2. The summed E-state index contributed by atoms with van der Waals surface area (Å²) in [5, 5.41) is 20.5. The number of carboxylic acids is 2. The van der Waals surface area contributed by atoms with Crippen molar-refractivity contribution in [1.29, 1.82) is 0 Å². The minimum absolute atomic E-state index is 0.00116. The van der Waals surface area contributed by atoms with Crippen LogP contribution in [-0.4, -0.2) is 91.4 Å². The van der Waals surface area contributed by atoms with Crippen molar-refractivity contribution in [1.82, 2.24) is 10.2 Å². The van der Waals surface area contributed by atoms with E-state index in [2.05, 4.69) is 5.32 Å². The maximum absolute atomic E-state index is 15.4. The minimum Gasteiger partial charge on any atom is -0.489 e. The SMILES string of the molecule is O=C(O)C(F)(F)F.O=C(O)c1cc(F)c(-c2cccc3c2OCN(C(=O)c2c(Cl)cc(O[C@@H]4CCCNC4)cc2Cl)C3)cc1N1CCOCC1. The van der Waals surface area contributed by atoms with E-state index in [0.717, 1.165) is 32.0 Å². The Kier molecular flexibility index (Phi) is 11.6. The number of morpholine rings is 1. The van der Waals surface area contributed by atoms with Crippen LogP contribution in [0.4, 0.5) is 23.2 Å². The summed E-state index contributed by atoms with van der Waals surface area (Å²) >= 11 is 13.1. The van der Waals surface area contributed by atoms with E-state index in [-0.39, 0.29) is 46.1 Å². The highest BCUT2D eigenvalue weighted by atomic mass is 35.5. The molecule has 0 aliphatic carbocycles. The van der Waals surface area contributed by atoms with Gasteiger partial charge >= 0.3 is 18.1 Å². The number of nitrogens with one attached hydrogen (secondary N) is 1. The van der Waals surface area contributed by atoms with Gasteiger partial charge in [-0.1, -0.05) is 41.4 Å². The van der Waals surface area contributed by atoms with E-state index < -0.39 is 29.8 Å². The second-order valence-corrected chi connectivity index (χ2v) is 12.3. The van der Waals surface area contributed by atoms with Gasteiger partial charge in [0.25, 0.3) is 5.91 Å². The van der Waals surface area contributed by atoms with Crippen LogP contribution in [0.15, 0.2) is 42.5 Å². The summed E-state index contributed by atoms with van der Waals surface area (Å²) in [4.78, 5) is 37.8. The van der Waals surface area contributed by atoms with E-state index >= 15 is 4.39 Å². The van der Waals surface area contributed by atoms with Gasteiger partial charge in [-0.05, 0) is 43.7 Å². The van der Waals surface area contributed by atoms with Gasteiger partial charge in [0.2, 0.25) is 0 Å². The third-order valence-corrected chi connectivity index (χ3v) is 8.69. The molecule has 268 valence electrons. The van der Waals surface area contributed by atoms with E-state index in [9.17, 15) is 27.9 Å². The number of amides is 1. The number of aromatic carboxylic acids is 1. The number of ether oxygens (including phenoxy) is 3. The Morgan fingerprint density at radius 2 is 1.68 bits per heavy atom. The van der Waals surface area contributed by atoms with Crippen LogP contribution < -0.4 is 19.7 Å². The first-order valence-corrected chi connectivity index (χ1v) is 16.1. The van der Waals surface area contributed by atoms with Crippen LogP contribution in [0.5, 0.6) is 11.5 Å². The fraction of sp³-hybridized carbons (Fsp3) is 0.364. The van der Waals surface area contributed by atoms with Crippen molar-refractivity contribution in [3.63, 3.8) is 0 Å². The third kappa shape index (κ3) is 8.52. The largest absolute Gasteiger partial charge is 0.490 e. The van der Waals surface area contributed by atoms with Crippen molar-refractivity contribution in [3.8, 4) is 22.6 Å². The van der Waals surface area contributed by atoms with Gasteiger partial charge in [-0.25, -0.2) is 14.0 Å². The average Bonchev–Trinajstić information content (AvgIpc) is 3.08. The van der Waals surface area contributed by atoms with Gasteiger partial charge in [0.1, 0.15) is 23.4 Å². The van der Waals surface area contributed by atoms with Crippen LogP contribution in [0.3, 0.4) is 0 Å². The Bertz CT molecular complexity index is 1740. The van der Waals surface area contributed by atoms with Gasteiger partial charge in [0.15, 0.2) is 6.73 Å². The van der Waals surface area contributed by atoms with Gasteiger partial charge < -0.3 is 39.5 Å². The minimum atomic E-state index is -5.08. The third-order valence-electron chi connectivity index (χ3n) is 8.09. The molecule has 3 N–H and O–H groups in total. The predicted molar refractivity (Wildman–Crippen MR) is 174 cm³/mol. The maximum atomic E-state index is 15.4. The van der Waals surface area contributed by atoms with Gasteiger partial charge in [-0.2, -0.15) is 13.2 Å². The molecule has 3 aromatic rings. The molecule has 3 heterocycles. The lowest BCUT2D eigenvalue weighted by Gasteiger charge is -2.32. The molecule has 0 radical (unpaired) electrons. The van der Waals surface area contributed by atoms with Crippen molar-refractivity contribution in [2.75, 3.05) is 51.0 Å². The Labute approximate surface area is 293 Å². The molecule has 0 saturated carbocycles. The van der Waals surface area contributed by atoms with E-state index in [0.29, 0.717) is 54.6 Å². The summed E-state index contributed by atoms with van der Waals surface area (Å²) in [7, 11) is 0. The molecule has 1 amide bonds. The quantitative estimate of drug-likeness (QED) is 0.255. The summed E-state index contributed by atoms with van der Waals surface area (Å²) < 4.78 is 64.7. The highest BCUT2D eigenvalue weighted by molar-refractivity contribution is 6.39. The molecule has 1 atom stereocenters. The van der Waals surface area contributed by atoms with Crippen molar-refractivity contribution < 1.29 is 56.4 Å². The topological polar surface area (TPSA) is 138 Å². The number of aliphatic carboxylic acids is 1. The molecule has 0 spiro atoms. The molecule has 0 bridgehead atoms. The highest BCUT2D eigenvalue weighted by Gasteiger charge is 2.38. The zero-order chi connectivity index (χ0) is 36.2. The summed E-state index contributed by atoms with van der Waals surface area (Å²) in [5.74, 6) is -4.15. The number of rotatable bonds is 6. The van der Waals surface area contributed by atoms with Crippen molar-refractivity contribution in [2.45, 2.75) is 31.7 Å². The highest BCUT2D eigenvalue weighted by Crippen LogP contribution is 2.41. The number of anilines is 1. The average molecular weight is 745 g/mol. The molecule has 6 rings (SSSR count). The Hall–Kier alpha value is -4.31. The van der Waals surface area contributed by atoms with Crippen LogP contribution in [0.1, 0.15) is 39.1 Å². The molecule has 2 fully saturated rings. The summed E-state index contributed by atoms with van der Waals surface area (Å²) in [6, 6.07) is 11.0. The first-order valence-electron chi connectivity index (χ1n) is 15.3. The van der Waals surface area contributed by atoms with Gasteiger partial charge in [0, 0.05) is 36.3 Å². The molecule has 3 aliphatic heterocycles. The van der Waals surface area contributed by atoms with Gasteiger partial charge in [-0.3, -0.25) is 4.79 Å². The first kappa shape index (κ1) is 37.0. The van der Waals surface area contributed by atoms with Crippen molar-refractivity contribution in [2.24, 2.45) is 0 Å². The zero-order valence-corrected chi connectivity index (χ0v) is 27.7. The monoisotopic (exact) mass is 743 g/mol. The molecule has 0 unspecified atom stereocenters. The van der Waals surface area contributed by atoms with Crippen LogP contribution in [-0.2, 0) is 16.1 Å². The number of piperidine rings is 1. The van der Waals surface area contributed by atoms with Crippen molar-refractivity contribution >= 4 is 46.7 Å². The first-order chi connectivity index (χ1) is 23.7. The van der Waals surface area contributed by atoms with E-state index in [1.165, 1.54) is 4.90 Å². The van der Waals surface area contributed by atoms with Crippen LogP contribution in [0.25, 0.3) is 11.1 Å². The number of carbonyl (C=O) groups excluding carboxylic acids is 1. The van der Waals surface area contributed by atoms with E-state index in [1.807, 2.05) is 4.90 Å². The van der Waals surface area contributed by atoms with Crippen LogP contribution in [0.2, 0.25) is 10.0 Å². The molecule has 11 nitrogen and oxygen atoms in total. The fourth-order valence-corrected chi connectivity index (χ4v) is 6.34. The van der Waals surface area contributed by atoms with E-state index in [4.69, 9.17) is 47.3 Å². The summed E-state index contributed by atoms with van der Waals surface area (Å²) in [6.45, 7) is 3.61.